The maximum absolute atomic E-state index is 11.8. The standard InChI is InChI=1S/C13H10N2O5/c16-10-6-7(13(19)20)3-4-9(10)15-12(18)8-2-1-5-14-11(8)17/h1-6,16H,(H,14,17)(H,15,18)(H,19,20). The largest absolute Gasteiger partial charge is 0.506 e. The predicted molar refractivity (Wildman–Crippen MR) is 70.1 cm³/mol. The van der Waals surface area contributed by atoms with Crippen molar-refractivity contribution in [3.8, 4) is 5.75 Å². The number of H-pyrrole nitrogens is 1. The Balaban J connectivity index is 2.27. The zero-order chi connectivity index (χ0) is 14.7. The van der Waals surface area contributed by atoms with Crippen LogP contribution < -0.4 is 10.9 Å². The molecule has 0 radical (unpaired) electrons. The number of carboxylic acids is 1. The molecule has 7 nitrogen and oxygen atoms in total. The van der Waals surface area contributed by atoms with E-state index in [-0.39, 0.29) is 16.8 Å². The van der Waals surface area contributed by atoms with E-state index in [1.54, 1.807) is 0 Å². The topological polar surface area (TPSA) is 119 Å². The lowest BCUT2D eigenvalue weighted by Crippen LogP contribution is -2.22. The first-order chi connectivity index (χ1) is 9.49. The summed E-state index contributed by atoms with van der Waals surface area (Å²) in [7, 11) is 0. The summed E-state index contributed by atoms with van der Waals surface area (Å²) in [6.07, 6.45) is 1.39. The number of carbonyl (C=O) groups excluding carboxylic acids is 1. The van der Waals surface area contributed by atoms with E-state index in [1.165, 1.54) is 30.5 Å². The maximum Gasteiger partial charge on any atom is 0.335 e. The first kappa shape index (κ1) is 13.3. The molecule has 0 fully saturated rings. The molecule has 0 aliphatic rings. The molecule has 0 bridgehead atoms. The Morgan fingerprint density at radius 1 is 1.20 bits per heavy atom. The van der Waals surface area contributed by atoms with Gasteiger partial charge in [0.2, 0.25) is 0 Å². The van der Waals surface area contributed by atoms with Crippen LogP contribution in [0, 0.1) is 0 Å². The monoisotopic (exact) mass is 274 g/mol. The van der Waals surface area contributed by atoms with Gasteiger partial charge >= 0.3 is 5.97 Å². The highest BCUT2D eigenvalue weighted by Crippen LogP contribution is 2.24. The molecule has 1 aromatic carbocycles. The average Bonchev–Trinajstić information content (AvgIpc) is 2.41. The lowest BCUT2D eigenvalue weighted by atomic mass is 10.2. The fraction of sp³-hybridized carbons (Fsp3) is 0. The first-order valence-electron chi connectivity index (χ1n) is 5.54. The summed E-state index contributed by atoms with van der Waals surface area (Å²) in [6, 6.07) is 6.30. The second kappa shape index (κ2) is 5.27. The number of hydrogen-bond acceptors (Lipinski definition) is 4. The van der Waals surface area contributed by atoms with Crippen molar-refractivity contribution in [2.45, 2.75) is 0 Å². The summed E-state index contributed by atoms with van der Waals surface area (Å²) in [5.74, 6) is -2.30. The van der Waals surface area contributed by atoms with E-state index in [2.05, 4.69) is 10.3 Å². The van der Waals surface area contributed by atoms with Crippen molar-refractivity contribution < 1.29 is 19.8 Å². The molecule has 20 heavy (non-hydrogen) atoms. The minimum atomic E-state index is -1.20. The molecule has 2 rings (SSSR count). The van der Waals surface area contributed by atoms with Crippen LogP contribution in [0.3, 0.4) is 0 Å². The molecule has 1 amide bonds. The van der Waals surface area contributed by atoms with Crippen molar-refractivity contribution in [3.63, 3.8) is 0 Å². The van der Waals surface area contributed by atoms with Crippen molar-refractivity contribution in [2.24, 2.45) is 0 Å². The van der Waals surface area contributed by atoms with Gasteiger partial charge in [0.15, 0.2) is 0 Å². The molecule has 0 atom stereocenters. The van der Waals surface area contributed by atoms with E-state index in [9.17, 15) is 19.5 Å². The van der Waals surface area contributed by atoms with Crippen LogP contribution in [0.1, 0.15) is 20.7 Å². The second-order valence-electron chi connectivity index (χ2n) is 3.90. The molecule has 0 saturated carbocycles. The summed E-state index contributed by atoms with van der Waals surface area (Å²) >= 11 is 0. The summed E-state index contributed by atoms with van der Waals surface area (Å²) in [5, 5.41) is 20.7. The van der Waals surface area contributed by atoms with Gasteiger partial charge in [0.1, 0.15) is 11.3 Å². The number of pyridine rings is 1. The van der Waals surface area contributed by atoms with Crippen LogP contribution >= 0.6 is 0 Å². The number of phenols is 1. The lowest BCUT2D eigenvalue weighted by molar-refractivity contribution is 0.0696. The number of aromatic hydroxyl groups is 1. The Morgan fingerprint density at radius 2 is 1.95 bits per heavy atom. The van der Waals surface area contributed by atoms with Crippen LogP contribution in [0.2, 0.25) is 0 Å². The maximum atomic E-state index is 11.8. The average molecular weight is 274 g/mol. The molecule has 7 heteroatoms. The summed E-state index contributed by atoms with van der Waals surface area (Å²) < 4.78 is 0. The third-order valence-corrected chi connectivity index (χ3v) is 2.56. The van der Waals surface area contributed by atoms with E-state index < -0.39 is 23.2 Å². The van der Waals surface area contributed by atoms with Gasteiger partial charge in [-0.3, -0.25) is 9.59 Å². The quantitative estimate of drug-likeness (QED) is 0.623. The number of aromatic nitrogens is 1. The zero-order valence-corrected chi connectivity index (χ0v) is 10.1. The number of nitrogens with one attached hydrogen (secondary N) is 2. The number of carbonyl (C=O) groups is 2. The van der Waals surface area contributed by atoms with E-state index in [0.717, 1.165) is 6.07 Å². The number of hydrogen-bond donors (Lipinski definition) is 4. The molecule has 0 spiro atoms. The van der Waals surface area contributed by atoms with Crippen molar-refractivity contribution in [1.29, 1.82) is 0 Å². The number of aromatic carboxylic acids is 1. The molecular weight excluding hydrogens is 264 g/mol. The first-order valence-corrected chi connectivity index (χ1v) is 5.54. The van der Waals surface area contributed by atoms with Gasteiger partial charge in [-0.05, 0) is 30.3 Å². The fourth-order valence-corrected chi connectivity index (χ4v) is 1.56. The van der Waals surface area contributed by atoms with Gasteiger partial charge in [0, 0.05) is 6.20 Å². The van der Waals surface area contributed by atoms with Crippen LogP contribution in [0.5, 0.6) is 5.75 Å². The normalized spacial score (nSPS) is 10.0. The predicted octanol–water partition coefficient (Wildman–Crippen LogP) is 1.03. The number of benzene rings is 1. The van der Waals surface area contributed by atoms with Crippen molar-refractivity contribution in [3.05, 3.63) is 58.0 Å². The number of amides is 1. The van der Waals surface area contributed by atoms with E-state index in [0.29, 0.717) is 0 Å². The minimum Gasteiger partial charge on any atom is -0.506 e. The Bertz CT molecular complexity index is 736. The lowest BCUT2D eigenvalue weighted by Gasteiger charge is -2.07. The highest BCUT2D eigenvalue weighted by Gasteiger charge is 2.13. The molecule has 2 aromatic rings. The Morgan fingerprint density at radius 3 is 2.55 bits per heavy atom. The molecule has 0 aliphatic carbocycles. The molecule has 1 aromatic heterocycles. The van der Waals surface area contributed by atoms with Crippen LogP contribution in [-0.4, -0.2) is 27.1 Å². The second-order valence-corrected chi connectivity index (χ2v) is 3.90. The van der Waals surface area contributed by atoms with Crippen LogP contribution in [0.25, 0.3) is 0 Å². The third-order valence-electron chi connectivity index (χ3n) is 2.56. The molecule has 0 unspecified atom stereocenters. The number of rotatable bonds is 3. The molecule has 0 aliphatic heterocycles. The molecular formula is C13H10N2O5. The van der Waals surface area contributed by atoms with Crippen molar-refractivity contribution in [1.82, 2.24) is 4.98 Å². The van der Waals surface area contributed by atoms with Gasteiger partial charge in [0.05, 0.1) is 11.3 Å². The minimum absolute atomic E-state index is 0.0169. The summed E-state index contributed by atoms with van der Waals surface area (Å²) in [6.45, 7) is 0. The molecule has 4 N–H and O–H groups in total. The highest BCUT2D eigenvalue weighted by molar-refractivity contribution is 6.05. The van der Waals surface area contributed by atoms with Crippen molar-refractivity contribution in [2.75, 3.05) is 5.32 Å². The third kappa shape index (κ3) is 2.66. The number of phenolic OH excluding ortho intramolecular Hbond substituents is 1. The smallest absolute Gasteiger partial charge is 0.335 e. The van der Waals surface area contributed by atoms with E-state index >= 15 is 0 Å². The Hall–Kier alpha value is -3.09. The number of anilines is 1. The van der Waals surface area contributed by atoms with Crippen LogP contribution in [-0.2, 0) is 0 Å². The fourth-order valence-electron chi connectivity index (χ4n) is 1.56. The zero-order valence-electron chi connectivity index (χ0n) is 10.1. The van der Waals surface area contributed by atoms with Crippen LogP contribution in [0.4, 0.5) is 5.69 Å². The van der Waals surface area contributed by atoms with Gasteiger partial charge in [-0.25, -0.2) is 4.79 Å². The number of carboxylic acid groups (broad SMARTS) is 1. The molecule has 0 saturated heterocycles. The SMILES string of the molecule is O=C(O)c1ccc(NC(=O)c2ccc[nH]c2=O)c(O)c1. The molecule has 1 heterocycles. The van der Waals surface area contributed by atoms with E-state index in [1.807, 2.05) is 0 Å². The summed E-state index contributed by atoms with van der Waals surface area (Å²) in [5.41, 5.74) is -0.776. The van der Waals surface area contributed by atoms with Crippen molar-refractivity contribution >= 4 is 17.6 Å². The van der Waals surface area contributed by atoms with Gasteiger partial charge < -0.3 is 20.5 Å². The van der Waals surface area contributed by atoms with Gasteiger partial charge in [0.25, 0.3) is 11.5 Å². The van der Waals surface area contributed by atoms with Gasteiger partial charge in [-0.15, -0.1) is 0 Å². The summed E-state index contributed by atoms with van der Waals surface area (Å²) in [4.78, 5) is 36.3. The highest BCUT2D eigenvalue weighted by atomic mass is 16.4. The van der Waals surface area contributed by atoms with Crippen LogP contribution in [0.15, 0.2) is 41.3 Å². The van der Waals surface area contributed by atoms with E-state index in [4.69, 9.17) is 5.11 Å². The Kier molecular flexibility index (Phi) is 3.52. The molecule has 102 valence electrons. The Labute approximate surface area is 112 Å². The number of aromatic amines is 1. The van der Waals surface area contributed by atoms with Gasteiger partial charge in [-0.1, -0.05) is 0 Å². The van der Waals surface area contributed by atoms with Gasteiger partial charge in [-0.2, -0.15) is 0 Å².